The minimum Gasteiger partial charge on any atom is -0.353 e. The van der Waals surface area contributed by atoms with Gasteiger partial charge < -0.3 is 19.7 Å². The molecule has 156 valence electrons. The zero-order valence-corrected chi connectivity index (χ0v) is 18.2. The number of amides is 3. The van der Waals surface area contributed by atoms with Gasteiger partial charge in [0.25, 0.3) is 0 Å². The van der Waals surface area contributed by atoms with Gasteiger partial charge >= 0.3 is 6.03 Å². The van der Waals surface area contributed by atoms with Gasteiger partial charge in [-0.2, -0.15) is 0 Å². The number of nitrogens with one attached hydrogen (secondary N) is 1. The van der Waals surface area contributed by atoms with Crippen LogP contribution in [-0.4, -0.2) is 45.4 Å². The van der Waals surface area contributed by atoms with Gasteiger partial charge in [-0.05, 0) is 49.6 Å². The van der Waals surface area contributed by atoms with Crippen molar-refractivity contribution < 1.29 is 9.59 Å². The van der Waals surface area contributed by atoms with Gasteiger partial charge in [0, 0.05) is 36.5 Å². The molecule has 0 unspecified atom stereocenters. The van der Waals surface area contributed by atoms with Crippen LogP contribution in [0.3, 0.4) is 0 Å². The Kier molecular flexibility index (Phi) is 7.09. The van der Waals surface area contributed by atoms with E-state index >= 15 is 0 Å². The van der Waals surface area contributed by atoms with Gasteiger partial charge in [-0.1, -0.05) is 30.1 Å². The molecule has 1 saturated carbocycles. The number of aryl methyl sites for hydroxylation is 1. The molecule has 1 aliphatic rings. The summed E-state index contributed by atoms with van der Waals surface area (Å²) in [5.41, 5.74) is 1.54. The van der Waals surface area contributed by atoms with Crippen molar-refractivity contribution in [2.75, 3.05) is 18.4 Å². The first-order chi connectivity index (χ1) is 13.9. The van der Waals surface area contributed by atoms with E-state index in [0.29, 0.717) is 28.8 Å². The first-order valence-corrected chi connectivity index (χ1v) is 10.5. The normalized spacial score (nSPS) is 13.2. The second-order valence-corrected chi connectivity index (χ2v) is 8.18. The van der Waals surface area contributed by atoms with Crippen LogP contribution in [0.1, 0.15) is 31.9 Å². The summed E-state index contributed by atoms with van der Waals surface area (Å²) >= 11 is 12.1. The van der Waals surface area contributed by atoms with E-state index in [1.165, 1.54) is 4.90 Å². The van der Waals surface area contributed by atoms with Crippen LogP contribution in [0.2, 0.25) is 10.0 Å². The number of carbonyl (C=O) groups is 2. The third-order valence-corrected chi connectivity index (χ3v) is 5.52. The molecule has 6 nitrogen and oxygen atoms in total. The zero-order chi connectivity index (χ0) is 21.0. The van der Waals surface area contributed by atoms with Gasteiger partial charge in [0.15, 0.2) is 0 Å². The molecule has 1 aliphatic carbocycles. The summed E-state index contributed by atoms with van der Waals surface area (Å²) in [6.45, 7) is 3.04. The number of rotatable bonds is 8. The Hall–Kier alpha value is -2.18. The molecule has 0 radical (unpaired) electrons. The highest BCUT2D eigenvalue weighted by Crippen LogP contribution is 2.29. The maximum atomic E-state index is 13.1. The van der Waals surface area contributed by atoms with E-state index in [1.54, 1.807) is 18.2 Å². The molecule has 0 spiro atoms. The van der Waals surface area contributed by atoms with Crippen LogP contribution in [0.15, 0.2) is 36.5 Å². The maximum Gasteiger partial charge on any atom is 0.322 e. The van der Waals surface area contributed by atoms with Gasteiger partial charge in [0.1, 0.15) is 6.54 Å². The predicted molar refractivity (Wildman–Crippen MR) is 116 cm³/mol. The summed E-state index contributed by atoms with van der Waals surface area (Å²) in [6.07, 6.45) is 4.74. The predicted octanol–water partition coefficient (Wildman–Crippen LogP) is 4.77. The number of hydrogen-bond donors (Lipinski definition) is 1. The Balaban J connectivity index is 1.68. The number of hydrogen-bond acceptors (Lipinski definition) is 2. The van der Waals surface area contributed by atoms with Crippen molar-refractivity contribution in [1.29, 1.82) is 0 Å². The summed E-state index contributed by atoms with van der Waals surface area (Å²) in [7, 11) is 1.97. The molecule has 0 bridgehead atoms. The van der Waals surface area contributed by atoms with Gasteiger partial charge in [0.2, 0.25) is 5.91 Å². The van der Waals surface area contributed by atoms with Gasteiger partial charge in [-0.25, -0.2) is 4.79 Å². The fourth-order valence-electron chi connectivity index (χ4n) is 3.20. The summed E-state index contributed by atoms with van der Waals surface area (Å²) in [6, 6.07) is 8.78. The molecule has 8 heteroatoms. The van der Waals surface area contributed by atoms with E-state index in [-0.39, 0.29) is 24.5 Å². The molecular formula is C21H26Cl2N4O2. The number of carbonyl (C=O) groups excluding carboxylic acids is 2. The molecule has 29 heavy (non-hydrogen) atoms. The van der Waals surface area contributed by atoms with Crippen molar-refractivity contribution in [1.82, 2.24) is 14.4 Å². The molecule has 0 atom stereocenters. The molecule has 0 saturated heterocycles. The molecule has 1 N–H and O–H groups in total. The molecule has 2 aromatic rings. The van der Waals surface area contributed by atoms with Gasteiger partial charge in [-0.3, -0.25) is 4.79 Å². The minimum absolute atomic E-state index is 0.0335. The molecule has 0 aliphatic heterocycles. The Bertz CT molecular complexity index is 879. The zero-order valence-electron chi connectivity index (χ0n) is 16.7. The van der Waals surface area contributed by atoms with Crippen molar-refractivity contribution in [2.24, 2.45) is 7.05 Å². The SMILES string of the molecule is CCCN(CC(=O)N(Cc1cccn1C)C1CC1)C(=O)Nc1ccc(Cl)cc1Cl. The van der Waals surface area contributed by atoms with Crippen molar-refractivity contribution in [3.05, 3.63) is 52.3 Å². The van der Waals surface area contributed by atoms with Crippen molar-refractivity contribution in [2.45, 2.75) is 38.8 Å². The Morgan fingerprint density at radius 2 is 2.00 bits per heavy atom. The van der Waals surface area contributed by atoms with Crippen LogP contribution in [0.25, 0.3) is 0 Å². The fraction of sp³-hybridized carbons (Fsp3) is 0.429. The fourth-order valence-corrected chi connectivity index (χ4v) is 3.66. The maximum absolute atomic E-state index is 13.1. The van der Waals surface area contributed by atoms with Crippen molar-refractivity contribution in [3.63, 3.8) is 0 Å². The molecular weight excluding hydrogens is 411 g/mol. The van der Waals surface area contributed by atoms with Crippen molar-refractivity contribution in [3.8, 4) is 0 Å². The quantitative estimate of drug-likeness (QED) is 0.647. The Labute approximate surface area is 181 Å². The third kappa shape index (κ3) is 5.67. The van der Waals surface area contributed by atoms with Crippen LogP contribution < -0.4 is 5.32 Å². The first-order valence-electron chi connectivity index (χ1n) is 9.79. The van der Waals surface area contributed by atoms with Gasteiger partial charge in [-0.15, -0.1) is 0 Å². The number of nitrogens with zero attached hydrogens (tertiary/aromatic N) is 3. The highest BCUT2D eigenvalue weighted by atomic mass is 35.5. The molecule has 3 rings (SSSR count). The van der Waals surface area contributed by atoms with Crippen LogP contribution in [0.5, 0.6) is 0 Å². The number of urea groups is 1. The highest BCUT2D eigenvalue weighted by molar-refractivity contribution is 6.36. The number of benzene rings is 1. The largest absolute Gasteiger partial charge is 0.353 e. The Morgan fingerprint density at radius 3 is 2.59 bits per heavy atom. The van der Waals surface area contributed by atoms with E-state index in [4.69, 9.17) is 23.2 Å². The number of halogens is 2. The van der Waals surface area contributed by atoms with Crippen LogP contribution >= 0.6 is 23.2 Å². The minimum atomic E-state index is -0.348. The van der Waals surface area contributed by atoms with E-state index in [9.17, 15) is 9.59 Å². The van der Waals surface area contributed by atoms with Crippen LogP contribution in [-0.2, 0) is 18.4 Å². The topological polar surface area (TPSA) is 57.6 Å². The van der Waals surface area contributed by atoms with Crippen LogP contribution in [0.4, 0.5) is 10.5 Å². The standard InChI is InChI=1S/C21H26Cl2N4O2/c1-3-10-26(21(29)24-19-9-6-15(22)12-18(19)23)14-20(28)27(16-7-8-16)13-17-5-4-11-25(17)2/h4-6,9,11-12,16H,3,7-8,10,13-14H2,1-2H3,(H,24,29). The Morgan fingerprint density at radius 1 is 1.24 bits per heavy atom. The van der Waals surface area contributed by atoms with E-state index in [0.717, 1.165) is 25.0 Å². The molecule has 1 heterocycles. The number of aromatic nitrogens is 1. The third-order valence-electron chi connectivity index (χ3n) is 4.97. The van der Waals surface area contributed by atoms with Crippen LogP contribution in [0, 0.1) is 0 Å². The lowest BCUT2D eigenvalue weighted by molar-refractivity contribution is -0.133. The van der Waals surface area contributed by atoms with E-state index in [1.807, 2.05) is 41.8 Å². The number of anilines is 1. The highest BCUT2D eigenvalue weighted by Gasteiger charge is 2.34. The van der Waals surface area contributed by atoms with E-state index in [2.05, 4.69) is 5.32 Å². The monoisotopic (exact) mass is 436 g/mol. The lowest BCUT2D eigenvalue weighted by Gasteiger charge is -2.28. The average Bonchev–Trinajstić information content (AvgIpc) is 3.43. The summed E-state index contributed by atoms with van der Waals surface area (Å²) in [5.74, 6) is -0.0421. The first kappa shape index (κ1) is 21.5. The molecule has 1 aromatic heterocycles. The second-order valence-electron chi connectivity index (χ2n) is 7.34. The summed E-state index contributed by atoms with van der Waals surface area (Å²) in [5, 5.41) is 3.64. The summed E-state index contributed by atoms with van der Waals surface area (Å²) in [4.78, 5) is 29.3. The second kappa shape index (κ2) is 9.55. The summed E-state index contributed by atoms with van der Waals surface area (Å²) < 4.78 is 2.02. The average molecular weight is 437 g/mol. The molecule has 3 amide bonds. The van der Waals surface area contributed by atoms with Gasteiger partial charge in [0.05, 0.1) is 17.3 Å². The lowest BCUT2D eigenvalue weighted by Crippen LogP contribution is -2.45. The van der Waals surface area contributed by atoms with Crippen molar-refractivity contribution >= 4 is 40.8 Å². The lowest BCUT2D eigenvalue weighted by atomic mass is 10.3. The smallest absolute Gasteiger partial charge is 0.322 e. The van der Waals surface area contributed by atoms with E-state index < -0.39 is 0 Å². The molecule has 1 aromatic carbocycles. The molecule has 1 fully saturated rings.